The summed E-state index contributed by atoms with van der Waals surface area (Å²) in [5, 5.41) is 21.6. The third-order valence-corrected chi connectivity index (χ3v) is 4.68. The van der Waals surface area contributed by atoms with Crippen LogP contribution >= 0.6 is 0 Å². The molecule has 0 spiro atoms. The molecule has 1 aliphatic carbocycles. The lowest BCUT2D eigenvalue weighted by Crippen LogP contribution is -2.32. The molecule has 0 bridgehead atoms. The minimum Gasteiger partial charge on any atom is -0.511 e. The van der Waals surface area contributed by atoms with Crippen LogP contribution in [0.15, 0.2) is 70.9 Å². The first kappa shape index (κ1) is 19.5. The van der Waals surface area contributed by atoms with Gasteiger partial charge in [-0.25, -0.2) is 0 Å². The highest BCUT2D eigenvalue weighted by atomic mass is 16.6. The topological polar surface area (TPSA) is 92.8 Å². The fourth-order valence-electron chi connectivity index (χ4n) is 3.39. The Morgan fingerprint density at radius 2 is 1.75 bits per heavy atom. The van der Waals surface area contributed by atoms with Gasteiger partial charge in [0.1, 0.15) is 5.76 Å². The number of benzene rings is 2. The minimum absolute atomic E-state index is 0.00682. The molecule has 1 saturated carbocycles. The van der Waals surface area contributed by atoms with Crippen molar-refractivity contribution in [2.75, 3.05) is 0 Å². The first-order chi connectivity index (χ1) is 13.2. The molecular weight excluding hydrogens is 356 g/mol. The van der Waals surface area contributed by atoms with E-state index in [1.165, 1.54) is 12.1 Å². The Balaban J connectivity index is 2.01. The number of rotatable bonds is 4. The zero-order chi connectivity index (χ0) is 20.3. The predicted octanol–water partition coefficient (Wildman–Crippen LogP) is 5.11. The summed E-state index contributed by atoms with van der Waals surface area (Å²) < 4.78 is 0. The standard InChI is InChI=1S/C22H22N2O4/c1-22(2)13-18(23-16-8-10-17(11-9-16)24(27)28)21(20(26)14-22)19(25)12-15-6-4-3-5-7-15/h3-11,25H,12-14H2,1-2H3. The highest BCUT2D eigenvalue weighted by molar-refractivity contribution is 6.25. The Morgan fingerprint density at radius 3 is 2.36 bits per heavy atom. The fourth-order valence-corrected chi connectivity index (χ4v) is 3.39. The van der Waals surface area contributed by atoms with E-state index in [1.54, 1.807) is 12.1 Å². The molecule has 6 heteroatoms. The summed E-state index contributed by atoms with van der Waals surface area (Å²) in [6, 6.07) is 15.3. The molecule has 0 amide bonds. The molecule has 0 saturated heterocycles. The molecule has 2 aromatic rings. The molecule has 0 unspecified atom stereocenters. The van der Waals surface area contributed by atoms with Crippen LogP contribution in [0.3, 0.4) is 0 Å². The summed E-state index contributed by atoms with van der Waals surface area (Å²) >= 11 is 0. The summed E-state index contributed by atoms with van der Waals surface area (Å²) in [5.74, 6) is -0.127. The van der Waals surface area contributed by atoms with Gasteiger partial charge in [-0.3, -0.25) is 19.9 Å². The second kappa shape index (κ2) is 7.76. The van der Waals surface area contributed by atoms with Crippen LogP contribution < -0.4 is 0 Å². The Hall–Kier alpha value is -3.28. The van der Waals surface area contributed by atoms with E-state index in [9.17, 15) is 20.0 Å². The van der Waals surface area contributed by atoms with Crippen LogP contribution in [-0.4, -0.2) is 21.5 Å². The van der Waals surface area contributed by atoms with Gasteiger partial charge in [0.05, 0.1) is 21.9 Å². The van der Waals surface area contributed by atoms with E-state index in [1.807, 2.05) is 44.2 Å². The molecular formula is C22H22N2O4. The van der Waals surface area contributed by atoms with E-state index in [0.717, 1.165) is 5.56 Å². The largest absolute Gasteiger partial charge is 0.511 e. The Bertz CT molecular complexity index is 958. The van der Waals surface area contributed by atoms with E-state index >= 15 is 0 Å². The zero-order valence-corrected chi connectivity index (χ0v) is 15.9. The summed E-state index contributed by atoms with van der Waals surface area (Å²) in [5.41, 5.74) is 1.90. The average Bonchev–Trinajstić information content (AvgIpc) is 2.61. The van der Waals surface area contributed by atoms with Crippen LogP contribution in [0.1, 0.15) is 32.3 Å². The average molecular weight is 378 g/mol. The van der Waals surface area contributed by atoms with E-state index in [-0.39, 0.29) is 34.6 Å². The second-order valence-electron chi connectivity index (χ2n) is 7.76. The van der Waals surface area contributed by atoms with Crippen LogP contribution in [0.2, 0.25) is 0 Å². The van der Waals surface area contributed by atoms with Crippen molar-refractivity contribution >= 4 is 22.9 Å². The van der Waals surface area contributed by atoms with E-state index in [4.69, 9.17) is 0 Å². The third-order valence-electron chi connectivity index (χ3n) is 4.68. The molecule has 0 heterocycles. The number of nitrogens with zero attached hydrogens (tertiary/aromatic N) is 2. The molecule has 1 fully saturated rings. The third kappa shape index (κ3) is 4.52. The lowest BCUT2D eigenvalue weighted by Gasteiger charge is -2.31. The highest BCUT2D eigenvalue weighted by Crippen LogP contribution is 2.36. The van der Waals surface area contributed by atoms with Crippen LogP contribution in [-0.2, 0) is 11.2 Å². The minimum atomic E-state index is -0.471. The van der Waals surface area contributed by atoms with Gasteiger partial charge in [0, 0.05) is 25.0 Å². The maximum Gasteiger partial charge on any atom is 0.269 e. The maximum absolute atomic E-state index is 12.8. The van der Waals surface area contributed by atoms with Crippen molar-refractivity contribution in [3.63, 3.8) is 0 Å². The van der Waals surface area contributed by atoms with Gasteiger partial charge in [-0.1, -0.05) is 44.2 Å². The molecule has 2 aromatic carbocycles. The molecule has 0 aromatic heterocycles. The summed E-state index contributed by atoms with van der Waals surface area (Å²) in [6.45, 7) is 3.97. The number of carbonyl (C=O) groups excluding carboxylic acids is 1. The van der Waals surface area contributed by atoms with Gasteiger partial charge < -0.3 is 5.11 Å². The van der Waals surface area contributed by atoms with Crippen molar-refractivity contribution in [3.8, 4) is 0 Å². The number of aliphatic imine (C=N–C) groups is 1. The number of hydrogen-bond donors (Lipinski definition) is 1. The smallest absolute Gasteiger partial charge is 0.269 e. The van der Waals surface area contributed by atoms with Crippen molar-refractivity contribution in [3.05, 3.63) is 81.6 Å². The van der Waals surface area contributed by atoms with Crippen molar-refractivity contribution in [2.24, 2.45) is 10.4 Å². The zero-order valence-electron chi connectivity index (χ0n) is 15.9. The first-order valence-corrected chi connectivity index (χ1v) is 9.07. The van der Waals surface area contributed by atoms with E-state index in [0.29, 0.717) is 24.2 Å². The van der Waals surface area contributed by atoms with Gasteiger partial charge in [0.2, 0.25) is 0 Å². The van der Waals surface area contributed by atoms with Crippen molar-refractivity contribution in [2.45, 2.75) is 33.1 Å². The number of carbonyl (C=O) groups is 1. The summed E-state index contributed by atoms with van der Waals surface area (Å²) in [4.78, 5) is 27.7. The number of aliphatic hydroxyl groups excluding tert-OH is 1. The van der Waals surface area contributed by atoms with Crippen molar-refractivity contribution in [1.82, 2.24) is 0 Å². The molecule has 28 heavy (non-hydrogen) atoms. The maximum atomic E-state index is 12.8. The van der Waals surface area contributed by atoms with Gasteiger partial charge >= 0.3 is 0 Å². The lowest BCUT2D eigenvalue weighted by atomic mass is 9.73. The number of Topliss-reactive ketones (excluding diaryl/α,β-unsaturated/α-hetero) is 1. The molecule has 0 atom stereocenters. The molecule has 0 aliphatic heterocycles. The van der Waals surface area contributed by atoms with Gasteiger partial charge in [-0.05, 0) is 29.5 Å². The molecule has 1 aliphatic rings. The monoisotopic (exact) mass is 378 g/mol. The first-order valence-electron chi connectivity index (χ1n) is 9.07. The van der Waals surface area contributed by atoms with Gasteiger partial charge in [-0.15, -0.1) is 0 Å². The SMILES string of the molecule is CC1(C)CC(=O)C(=C(O)Cc2ccccc2)C(=Nc2ccc([N+](=O)[O-])cc2)C1. The fraction of sp³-hybridized carbons (Fsp3) is 0.273. The normalized spacial score (nSPS) is 19.5. The number of nitro benzene ring substituents is 1. The van der Waals surface area contributed by atoms with Crippen molar-refractivity contribution in [1.29, 1.82) is 0 Å². The summed E-state index contributed by atoms with van der Waals surface area (Å²) in [6.07, 6.45) is 1.12. The number of aliphatic hydroxyl groups is 1. The number of hydrogen-bond acceptors (Lipinski definition) is 5. The highest BCUT2D eigenvalue weighted by Gasteiger charge is 2.36. The molecule has 3 rings (SSSR count). The number of nitro groups is 1. The Kier molecular flexibility index (Phi) is 5.40. The number of non-ortho nitro benzene ring substituents is 1. The van der Waals surface area contributed by atoms with Crippen LogP contribution in [0, 0.1) is 15.5 Å². The number of allylic oxidation sites excluding steroid dienone is 2. The summed E-state index contributed by atoms with van der Waals surface area (Å²) in [7, 11) is 0. The number of ketones is 1. The van der Waals surface area contributed by atoms with Gasteiger partial charge in [0.15, 0.2) is 5.78 Å². The van der Waals surface area contributed by atoms with Gasteiger partial charge in [0.25, 0.3) is 5.69 Å². The van der Waals surface area contributed by atoms with Crippen LogP contribution in [0.5, 0.6) is 0 Å². The molecule has 144 valence electrons. The Labute approximate surface area is 163 Å². The quantitative estimate of drug-likeness (QED) is 0.346. The Morgan fingerprint density at radius 1 is 1.11 bits per heavy atom. The molecule has 1 N–H and O–H groups in total. The van der Waals surface area contributed by atoms with E-state index in [2.05, 4.69) is 4.99 Å². The van der Waals surface area contributed by atoms with Crippen molar-refractivity contribution < 1.29 is 14.8 Å². The van der Waals surface area contributed by atoms with Crippen LogP contribution in [0.25, 0.3) is 0 Å². The van der Waals surface area contributed by atoms with Gasteiger partial charge in [-0.2, -0.15) is 0 Å². The predicted molar refractivity (Wildman–Crippen MR) is 108 cm³/mol. The lowest BCUT2D eigenvalue weighted by molar-refractivity contribution is -0.384. The van der Waals surface area contributed by atoms with E-state index < -0.39 is 4.92 Å². The second-order valence-corrected chi connectivity index (χ2v) is 7.76. The molecule has 0 radical (unpaired) electrons. The van der Waals surface area contributed by atoms with Crippen LogP contribution in [0.4, 0.5) is 11.4 Å². The molecule has 6 nitrogen and oxygen atoms in total.